The van der Waals surface area contributed by atoms with Gasteiger partial charge in [0.25, 0.3) is 5.56 Å². The van der Waals surface area contributed by atoms with Crippen molar-refractivity contribution in [2.75, 3.05) is 0 Å². The number of hydrogen-bond acceptors (Lipinski definition) is 2. The third kappa shape index (κ3) is 3.06. The topological polar surface area (TPSA) is 34.9 Å². The van der Waals surface area contributed by atoms with Crippen LogP contribution in [-0.4, -0.2) is 9.78 Å². The minimum Gasteiger partial charge on any atom is -0.268 e. The van der Waals surface area contributed by atoms with E-state index in [-0.39, 0.29) is 17.9 Å². The van der Waals surface area contributed by atoms with Gasteiger partial charge < -0.3 is 0 Å². The molecule has 1 heterocycles. The van der Waals surface area contributed by atoms with Crippen LogP contribution in [0.25, 0.3) is 22.0 Å². The molecular weight excluding hydrogens is 315 g/mol. The molecule has 0 bridgehead atoms. The summed E-state index contributed by atoms with van der Waals surface area (Å²) in [6, 6.07) is 23.7. The molecule has 0 unspecified atom stereocenters. The SMILES string of the molecule is O=c1ccc(-c2ccc3ccccc3c2)nn1Cc1ccccc1F. The van der Waals surface area contributed by atoms with Crippen molar-refractivity contribution in [3.63, 3.8) is 0 Å². The predicted octanol–water partition coefficient (Wildman–Crippen LogP) is 4.25. The van der Waals surface area contributed by atoms with Crippen LogP contribution >= 0.6 is 0 Å². The van der Waals surface area contributed by atoms with Crippen molar-refractivity contribution < 1.29 is 4.39 Å². The average Bonchev–Trinajstić information content (AvgIpc) is 2.65. The summed E-state index contributed by atoms with van der Waals surface area (Å²) in [7, 11) is 0. The van der Waals surface area contributed by atoms with Crippen LogP contribution in [0.4, 0.5) is 4.39 Å². The van der Waals surface area contributed by atoms with Crippen molar-refractivity contribution in [2.24, 2.45) is 0 Å². The highest BCUT2D eigenvalue weighted by atomic mass is 19.1. The van der Waals surface area contributed by atoms with E-state index >= 15 is 0 Å². The molecule has 0 aliphatic heterocycles. The first kappa shape index (κ1) is 15.3. The molecule has 0 atom stereocenters. The van der Waals surface area contributed by atoms with E-state index in [1.165, 1.54) is 16.8 Å². The van der Waals surface area contributed by atoms with Gasteiger partial charge >= 0.3 is 0 Å². The van der Waals surface area contributed by atoms with Gasteiger partial charge in [-0.3, -0.25) is 4.79 Å². The van der Waals surface area contributed by atoms with Crippen LogP contribution < -0.4 is 5.56 Å². The summed E-state index contributed by atoms with van der Waals surface area (Å²) in [5, 5.41) is 6.67. The molecule has 0 amide bonds. The second-order valence-electron chi connectivity index (χ2n) is 5.87. The Balaban J connectivity index is 1.76. The quantitative estimate of drug-likeness (QED) is 0.563. The predicted molar refractivity (Wildman–Crippen MR) is 96.9 cm³/mol. The number of halogens is 1. The monoisotopic (exact) mass is 330 g/mol. The molecule has 122 valence electrons. The minimum atomic E-state index is -0.340. The summed E-state index contributed by atoms with van der Waals surface area (Å²) in [5.41, 5.74) is 1.78. The maximum atomic E-state index is 13.9. The molecule has 0 aliphatic rings. The minimum absolute atomic E-state index is 0.104. The normalized spacial score (nSPS) is 10.9. The fourth-order valence-corrected chi connectivity index (χ4v) is 2.85. The molecule has 0 N–H and O–H groups in total. The molecule has 3 nitrogen and oxygen atoms in total. The van der Waals surface area contributed by atoms with E-state index in [0.29, 0.717) is 11.3 Å². The lowest BCUT2D eigenvalue weighted by atomic mass is 10.1. The van der Waals surface area contributed by atoms with E-state index in [2.05, 4.69) is 5.10 Å². The first-order valence-corrected chi connectivity index (χ1v) is 8.01. The Morgan fingerprint density at radius 3 is 2.44 bits per heavy atom. The highest BCUT2D eigenvalue weighted by molar-refractivity contribution is 5.86. The molecule has 0 aliphatic carbocycles. The molecule has 0 fully saturated rings. The van der Waals surface area contributed by atoms with Gasteiger partial charge in [-0.2, -0.15) is 5.10 Å². The maximum absolute atomic E-state index is 13.9. The molecule has 4 rings (SSSR count). The molecule has 4 heteroatoms. The largest absolute Gasteiger partial charge is 0.268 e. The average molecular weight is 330 g/mol. The lowest BCUT2D eigenvalue weighted by Gasteiger charge is -2.09. The fourth-order valence-electron chi connectivity index (χ4n) is 2.85. The van der Waals surface area contributed by atoms with E-state index in [0.717, 1.165) is 16.3 Å². The van der Waals surface area contributed by atoms with Crippen LogP contribution in [0, 0.1) is 5.82 Å². The lowest BCUT2D eigenvalue weighted by molar-refractivity contribution is 0.573. The summed E-state index contributed by atoms with van der Waals surface area (Å²) in [6.45, 7) is 0.104. The number of fused-ring (bicyclic) bond motifs is 1. The van der Waals surface area contributed by atoms with Crippen LogP contribution in [0.2, 0.25) is 0 Å². The van der Waals surface area contributed by atoms with Crippen molar-refractivity contribution in [3.8, 4) is 11.3 Å². The molecular formula is C21H15FN2O. The van der Waals surface area contributed by atoms with E-state index in [9.17, 15) is 9.18 Å². The number of hydrogen-bond donors (Lipinski definition) is 0. The van der Waals surface area contributed by atoms with Gasteiger partial charge in [-0.25, -0.2) is 9.07 Å². The summed E-state index contributed by atoms with van der Waals surface area (Å²) in [4.78, 5) is 12.1. The molecule has 0 spiro atoms. The van der Waals surface area contributed by atoms with Crippen LogP contribution in [0.1, 0.15) is 5.56 Å². The Morgan fingerprint density at radius 1 is 0.840 bits per heavy atom. The van der Waals surface area contributed by atoms with Gasteiger partial charge in [-0.1, -0.05) is 54.6 Å². The van der Waals surface area contributed by atoms with Crippen LogP contribution in [0.3, 0.4) is 0 Å². The van der Waals surface area contributed by atoms with Crippen LogP contribution in [0.5, 0.6) is 0 Å². The van der Waals surface area contributed by atoms with Crippen LogP contribution in [-0.2, 0) is 6.54 Å². The Hall–Kier alpha value is -3.27. The van der Waals surface area contributed by atoms with Crippen molar-refractivity contribution in [1.29, 1.82) is 0 Å². The summed E-state index contributed by atoms with van der Waals surface area (Å²) in [6.07, 6.45) is 0. The van der Waals surface area contributed by atoms with Crippen molar-refractivity contribution in [2.45, 2.75) is 6.54 Å². The van der Waals surface area contributed by atoms with Gasteiger partial charge in [-0.05, 0) is 29.0 Å². The van der Waals surface area contributed by atoms with Gasteiger partial charge in [0.05, 0.1) is 12.2 Å². The second kappa shape index (κ2) is 6.32. The van der Waals surface area contributed by atoms with Gasteiger partial charge in [0, 0.05) is 17.2 Å². The van der Waals surface area contributed by atoms with E-state index in [1.54, 1.807) is 24.3 Å². The molecule has 25 heavy (non-hydrogen) atoms. The molecule has 0 radical (unpaired) electrons. The van der Waals surface area contributed by atoms with Gasteiger partial charge in [-0.15, -0.1) is 0 Å². The molecule has 0 saturated carbocycles. The summed E-state index contributed by atoms with van der Waals surface area (Å²) < 4.78 is 15.2. The zero-order chi connectivity index (χ0) is 17.2. The zero-order valence-corrected chi connectivity index (χ0v) is 13.4. The van der Waals surface area contributed by atoms with Gasteiger partial charge in [0.15, 0.2) is 0 Å². The third-order valence-electron chi connectivity index (χ3n) is 4.19. The molecule has 0 saturated heterocycles. The first-order valence-electron chi connectivity index (χ1n) is 8.01. The van der Waals surface area contributed by atoms with Crippen LogP contribution in [0.15, 0.2) is 83.7 Å². The smallest absolute Gasteiger partial charge is 0.267 e. The number of rotatable bonds is 3. The van der Waals surface area contributed by atoms with E-state index in [4.69, 9.17) is 0 Å². The second-order valence-corrected chi connectivity index (χ2v) is 5.87. The maximum Gasteiger partial charge on any atom is 0.267 e. The van der Waals surface area contributed by atoms with Crippen molar-refractivity contribution in [3.05, 3.63) is 101 Å². The Morgan fingerprint density at radius 2 is 1.60 bits per heavy atom. The lowest BCUT2D eigenvalue weighted by Crippen LogP contribution is -2.23. The Labute approximate surface area is 144 Å². The van der Waals surface area contributed by atoms with Gasteiger partial charge in [0.2, 0.25) is 0 Å². The molecule has 4 aromatic rings. The molecule has 1 aromatic heterocycles. The fraction of sp³-hybridized carbons (Fsp3) is 0.0476. The van der Waals surface area contributed by atoms with Gasteiger partial charge in [0.1, 0.15) is 5.82 Å². The van der Waals surface area contributed by atoms with E-state index in [1.807, 2.05) is 42.5 Å². The number of aromatic nitrogens is 2. The van der Waals surface area contributed by atoms with Crippen molar-refractivity contribution in [1.82, 2.24) is 9.78 Å². The highest BCUT2D eigenvalue weighted by Gasteiger charge is 2.07. The summed E-state index contributed by atoms with van der Waals surface area (Å²) >= 11 is 0. The standard InChI is InChI=1S/C21H15FN2O/c22-19-8-4-3-7-18(19)14-24-21(25)12-11-20(23-24)17-10-9-15-5-1-2-6-16(15)13-17/h1-13H,14H2. The number of nitrogens with zero attached hydrogens (tertiary/aromatic N) is 2. The molecule has 3 aromatic carbocycles. The highest BCUT2D eigenvalue weighted by Crippen LogP contribution is 2.22. The Bertz CT molecular complexity index is 1120. The third-order valence-corrected chi connectivity index (χ3v) is 4.19. The Kier molecular flexibility index (Phi) is 3.86. The van der Waals surface area contributed by atoms with Crippen molar-refractivity contribution >= 4 is 10.8 Å². The number of benzene rings is 3. The summed E-state index contributed by atoms with van der Waals surface area (Å²) in [5.74, 6) is -0.340. The van der Waals surface area contributed by atoms with E-state index < -0.39 is 0 Å². The first-order chi connectivity index (χ1) is 12.2. The zero-order valence-electron chi connectivity index (χ0n) is 13.4.